The summed E-state index contributed by atoms with van der Waals surface area (Å²) in [6, 6.07) is 8.85. The van der Waals surface area contributed by atoms with Gasteiger partial charge in [0.1, 0.15) is 11.4 Å². The molecule has 2 aliphatic heterocycles. The number of amides is 2. The predicted octanol–water partition coefficient (Wildman–Crippen LogP) is 0.505. The Balaban J connectivity index is 1.94. The largest absolute Gasteiger partial charge is 0.443 e. The van der Waals surface area contributed by atoms with Gasteiger partial charge in [-0.15, -0.1) is 0 Å². The molecule has 1 aromatic carbocycles. The highest BCUT2D eigenvalue weighted by atomic mass is 16.5. The highest BCUT2D eigenvalue weighted by Gasteiger charge is 2.46. The zero-order valence-corrected chi connectivity index (χ0v) is 8.81. The smallest absolute Gasteiger partial charge is 0.328 e. The molecule has 0 radical (unpaired) electrons. The summed E-state index contributed by atoms with van der Waals surface area (Å²) in [5.74, 6) is -0.551. The van der Waals surface area contributed by atoms with Gasteiger partial charge in [-0.25, -0.2) is 9.79 Å². The summed E-state index contributed by atoms with van der Waals surface area (Å²) < 4.78 is 5.74. The predicted molar refractivity (Wildman–Crippen MR) is 61.2 cm³/mol. The lowest BCUT2D eigenvalue weighted by atomic mass is 10.3. The normalized spacial score (nSPS) is 25.2. The first kappa shape index (κ1) is 9.71. The van der Waals surface area contributed by atoms with E-state index < -0.39 is 5.85 Å². The molecule has 1 atom stereocenters. The molecule has 0 aliphatic carbocycles. The van der Waals surface area contributed by atoms with E-state index in [1.54, 1.807) is 18.3 Å². The second kappa shape index (κ2) is 3.51. The quantitative estimate of drug-likeness (QED) is 0.692. The van der Waals surface area contributed by atoms with Crippen molar-refractivity contribution >= 4 is 12.4 Å². The van der Waals surface area contributed by atoms with Gasteiger partial charge in [0, 0.05) is 6.20 Å². The van der Waals surface area contributed by atoms with Crippen molar-refractivity contribution in [2.75, 3.05) is 0 Å². The molecule has 86 valence electrons. The highest BCUT2D eigenvalue weighted by molar-refractivity contribution is 5.82. The van der Waals surface area contributed by atoms with Crippen molar-refractivity contribution in [3.8, 4) is 5.75 Å². The Morgan fingerprint density at radius 1 is 1.24 bits per heavy atom. The molecule has 6 heteroatoms. The SMILES string of the molecule is O=C1NC2=CNC=NC2(Oc2ccccc2)N1. The minimum Gasteiger partial charge on any atom is -0.443 e. The van der Waals surface area contributed by atoms with Gasteiger partial charge in [-0.3, -0.25) is 5.32 Å². The van der Waals surface area contributed by atoms with Crippen LogP contribution in [0.1, 0.15) is 0 Å². The second-order valence-electron chi connectivity index (χ2n) is 3.62. The number of hydrogen-bond acceptors (Lipinski definition) is 4. The average Bonchev–Trinajstić information content (AvgIpc) is 2.66. The number of hydrogen-bond donors (Lipinski definition) is 3. The number of benzene rings is 1. The lowest BCUT2D eigenvalue weighted by Gasteiger charge is -2.27. The third-order valence-electron chi connectivity index (χ3n) is 2.45. The van der Waals surface area contributed by atoms with Crippen molar-refractivity contribution in [2.45, 2.75) is 5.85 Å². The van der Waals surface area contributed by atoms with Gasteiger partial charge in [-0.2, -0.15) is 0 Å². The number of rotatable bonds is 2. The van der Waals surface area contributed by atoms with Crippen LogP contribution in [0, 0.1) is 0 Å². The third-order valence-corrected chi connectivity index (χ3v) is 2.45. The molecular formula is C11H10N4O2. The molecule has 0 saturated carbocycles. The van der Waals surface area contributed by atoms with E-state index in [2.05, 4.69) is 20.9 Å². The number of nitrogens with zero attached hydrogens (tertiary/aromatic N) is 1. The van der Waals surface area contributed by atoms with Crippen LogP contribution in [0.15, 0.2) is 47.2 Å². The number of carbonyl (C=O) groups excluding carboxylic acids is 1. The van der Waals surface area contributed by atoms with Crippen LogP contribution in [-0.4, -0.2) is 18.2 Å². The number of nitrogens with one attached hydrogen (secondary N) is 3. The van der Waals surface area contributed by atoms with Crippen LogP contribution in [0.2, 0.25) is 0 Å². The van der Waals surface area contributed by atoms with Crippen molar-refractivity contribution in [1.29, 1.82) is 0 Å². The number of ether oxygens (including phenoxy) is 1. The molecule has 0 spiro atoms. The first-order chi connectivity index (χ1) is 8.28. The van der Waals surface area contributed by atoms with Crippen molar-refractivity contribution in [2.24, 2.45) is 4.99 Å². The Hall–Kier alpha value is -2.50. The van der Waals surface area contributed by atoms with Gasteiger partial charge in [0.15, 0.2) is 0 Å². The Labute approximate surface area is 97.4 Å². The van der Waals surface area contributed by atoms with E-state index in [0.717, 1.165) is 0 Å². The van der Waals surface area contributed by atoms with Crippen LogP contribution in [0.4, 0.5) is 4.79 Å². The fourth-order valence-electron chi connectivity index (χ4n) is 1.71. The van der Waals surface area contributed by atoms with Crippen LogP contribution in [0.5, 0.6) is 5.75 Å². The maximum absolute atomic E-state index is 11.4. The first-order valence-corrected chi connectivity index (χ1v) is 5.12. The Morgan fingerprint density at radius 3 is 2.88 bits per heavy atom. The standard InChI is InChI=1S/C11H10N4O2/c16-10-14-9-6-12-7-13-11(9,15-10)17-8-4-2-1-3-5-8/h1-7H,(H,12,13)(H2,14,15,16). The second-order valence-corrected chi connectivity index (χ2v) is 3.62. The molecule has 1 unspecified atom stereocenters. The molecule has 1 aromatic rings. The van der Waals surface area contributed by atoms with Crippen molar-refractivity contribution in [3.63, 3.8) is 0 Å². The summed E-state index contributed by atoms with van der Waals surface area (Å²) in [4.78, 5) is 15.5. The van der Waals surface area contributed by atoms with Gasteiger partial charge in [-0.1, -0.05) is 18.2 Å². The van der Waals surface area contributed by atoms with Gasteiger partial charge < -0.3 is 15.4 Å². The summed E-state index contributed by atoms with van der Waals surface area (Å²) >= 11 is 0. The number of para-hydroxylation sites is 1. The average molecular weight is 230 g/mol. The minimum atomic E-state index is -1.18. The summed E-state index contributed by atoms with van der Waals surface area (Å²) in [5.41, 5.74) is 0.536. The van der Waals surface area contributed by atoms with E-state index in [1.807, 2.05) is 18.2 Å². The number of aliphatic imine (C=N–C) groups is 1. The zero-order chi connectivity index (χ0) is 11.7. The van der Waals surface area contributed by atoms with Crippen LogP contribution >= 0.6 is 0 Å². The van der Waals surface area contributed by atoms with E-state index >= 15 is 0 Å². The molecule has 2 aliphatic rings. The van der Waals surface area contributed by atoms with Gasteiger partial charge in [0.05, 0.1) is 6.34 Å². The lowest BCUT2D eigenvalue weighted by molar-refractivity contribution is 0.102. The molecule has 0 aromatic heterocycles. The Kier molecular flexibility index (Phi) is 2.01. The topological polar surface area (TPSA) is 74.8 Å². The monoisotopic (exact) mass is 230 g/mol. The summed E-state index contributed by atoms with van der Waals surface area (Å²) in [6.45, 7) is 0. The first-order valence-electron chi connectivity index (χ1n) is 5.12. The molecule has 1 fully saturated rings. The molecule has 3 N–H and O–H groups in total. The summed E-state index contributed by atoms with van der Waals surface area (Å²) in [5, 5.41) is 8.06. The van der Waals surface area contributed by atoms with Crippen LogP contribution in [0.3, 0.4) is 0 Å². The van der Waals surface area contributed by atoms with Crippen molar-refractivity contribution < 1.29 is 9.53 Å². The third kappa shape index (κ3) is 1.59. The molecular weight excluding hydrogens is 220 g/mol. The number of urea groups is 1. The fourth-order valence-corrected chi connectivity index (χ4v) is 1.71. The van der Waals surface area contributed by atoms with E-state index in [4.69, 9.17) is 4.74 Å². The summed E-state index contributed by atoms with van der Waals surface area (Å²) in [6.07, 6.45) is 3.10. The number of fused-ring (bicyclic) bond motifs is 1. The molecule has 3 rings (SSSR count). The summed E-state index contributed by atoms with van der Waals surface area (Å²) in [7, 11) is 0. The van der Waals surface area contributed by atoms with Crippen molar-refractivity contribution in [1.82, 2.24) is 16.0 Å². The molecule has 0 bridgehead atoms. The van der Waals surface area contributed by atoms with Crippen LogP contribution in [0.25, 0.3) is 0 Å². The van der Waals surface area contributed by atoms with E-state index in [0.29, 0.717) is 11.4 Å². The molecule has 2 heterocycles. The van der Waals surface area contributed by atoms with Gasteiger partial charge in [0.25, 0.3) is 0 Å². The lowest BCUT2D eigenvalue weighted by Crippen LogP contribution is -2.48. The maximum Gasteiger partial charge on any atom is 0.328 e. The van der Waals surface area contributed by atoms with Crippen LogP contribution < -0.4 is 20.7 Å². The van der Waals surface area contributed by atoms with E-state index in [-0.39, 0.29) is 6.03 Å². The molecule has 1 saturated heterocycles. The van der Waals surface area contributed by atoms with Gasteiger partial charge in [0.2, 0.25) is 0 Å². The van der Waals surface area contributed by atoms with Crippen molar-refractivity contribution in [3.05, 3.63) is 42.2 Å². The highest BCUT2D eigenvalue weighted by Crippen LogP contribution is 2.26. The Bertz CT molecular complexity index is 511. The van der Waals surface area contributed by atoms with Crippen LogP contribution in [-0.2, 0) is 0 Å². The molecule has 2 amide bonds. The Morgan fingerprint density at radius 2 is 2.06 bits per heavy atom. The van der Waals surface area contributed by atoms with Gasteiger partial charge in [-0.05, 0) is 12.1 Å². The van der Waals surface area contributed by atoms with E-state index in [9.17, 15) is 4.79 Å². The van der Waals surface area contributed by atoms with E-state index in [1.165, 1.54) is 6.34 Å². The van der Waals surface area contributed by atoms with Gasteiger partial charge >= 0.3 is 11.9 Å². The number of carbonyl (C=O) groups is 1. The zero-order valence-electron chi connectivity index (χ0n) is 8.81. The molecule has 6 nitrogen and oxygen atoms in total. The molecule has 17 heavy (non-hydrogen) atoms. The fraction of sp³-hybridized carbons (Fsp3) is 0.0909. The maximum atomic E-state index is 11.4. The minimum absolute atomic E-state index is 0.340.